The highest BCUT2D eigenvalue weighted by Crippen LogP contribution is 1.90. The van der Waals surface area contributed by atoms with Crippen molar-refractivity contribution in [3.8, 4) is 0 Å². The van der Waals surface area contributed by atoms with Gasteiger partial charge in [-0.1, -0.05) is 5.46 Å². The molecular weight excluding hydrogens is 153 g/mol. The first-order chi connectivity index (χ1) is 5.83. The van der Waals surface area contributed by atoms with Crippen LogP contribution in [0.4, 0.5) is 5.95 Å². The maximum absolute atomic E-state index is 4.87. The van der Waals surface area contributed by atoms with E-state index in [1.807, 2.05) is 7.85 Å². The molecule has 0 radical (unpaired) electrons. The van der Waals surface area contributed by atoms with E-state index in [2.05, 4.69) is 15.3 Å². The van der Waals surface area contributed by atoms with Crippen molar-refractivity contribution in [2.75, 3.05) is 25.6 Å². The summed E-state index contributed by atoms with van der Waals surface area (Å²) in [5.74, 6) is 0.651. The highest BCUT2D eigenvalue weighted by Gasteiger charge is 1.92. The first kappa shape index (κ1) is 9.00. The second-order valence-corrected chi connectivity index (χ2v) is 2.50. The van der Waals surface area contributed by atoms with Gasteiger partial charge in [-0.15, -0.1) is 0 Å². The number of ether oxygens (including phenoxy) is 1. The Balaban J connectivity index is 2.37. The molecule has 12 heavy (non-hydrogen) atoms. The molecule has 1 N–H and O–H groups in total. The van der Waals surface area contributed by atoms with E-state index in [9.17, 15) is 0 Å². The second kappa shape index (κ2) is 4.72. The van der Waals surface area contributed by atoms with E-state index in [0.717, 1.165) is 12.0 Å². The van der Waals surface area contributed by atoms with Gasteiger partial charge in [-0.25, -0.2) is 9.97 Å². The molecule has 4 nitrogen and oxygen atoms in total. The molecule has 0 bridgehead atoms. The third-order valence-electron chi connectivity index (χ3n) is 1.37. The molecule has 64 valence electrons. The SMILES string of the molecule is Bc1cnc(NCCOC)nc1. The van der Waals surface area contributed by atoms with Crippen LogP contribution in [-0.4, -0.2) is 38.1 Å². The molecule has 5 heteroatoms. The van der Waals surface area contributed by atoms with Gasteiger partial charge in [0.2, 0.25) is 5.95 Å². The molecule has 0 aliphatic rings. The van der Waals surface area contributed by atoms with Crippen LogP contribution in [-0.2, 0) is 4.74 Å². The Hall–Kier alpha value is -1.10. The van der Waals surface area contributed by atoms with Crippen LogP contribution in [0.3, 0.4) is 0 Å². The summed E-state index contributed by atoms with van der Waals surface area (Å²) in [6.45, 7) is 1.40. The topological polar surface area (TPSA) is 47.0 Å². The van der Waals surface area contributed by atoms with Crippen molar-refractivity contribution in [2.45, 2.75) is 0 Å². The van der Waals surface area contributed by atoms with E-state index in [1.165, 1.54) is 0 Å². The molecule has 0 aliphatic heterocycles. The monoisotopic (exact) mass is 165 g/mol. The predicted octanol–water partition coefficient (Wildman–Crippen LogP) is -1.21. The molecule has 0 spiro atoms. The zero-order valence-electron chi connectivity index (χ0n) is 7.37. The van der Waals surface area contributed by atoms with Crippen molar-refractivity contribution < 1.29 is 4.74 Å². The predicted molar refractivity (Wildman–Crippen MR) is 50.6 cm³/mol. The average Bonchev–Trinajstić information content (AvgIpc) is 2.09. The van der Waals surface area contributed by atoms with Gasteiger partial charge in [0, 0.05) is 26.0 Å². The van der Waals surface area contributed by atoms with E-state index in [4.69, 9.17) is 4.74 Å². The Morgan fingerprint density at radius 1 is 1.50 bits per heavy atom. The Morgan fingerprint density at radius 2 is 2.17 bits per heavy atom. The summed E-state index contributed by atoms with van der Waals surface area (Å²) in [4.78, 5) is 8.14. The Bertz CT molecular complexity index is 227. The van der Waals surface area contributed by atoms with E-state index in [-0.39, 0.29) is 0 Å². The van der Waals surface area contributed by atoms with E-state index in [0.29, 0.717) is 12.6 Å². The third-order valence-corrected chi connectivity index (χ3v) is 1.37. The number of aromatic nitrogens is 2. The van der Waals surface area contributed by atoms with Crippen LogP contribution in [0.15, 0.2) is 12.4 Å². The van der Waals surface area contributed by atoms with Crippen molar-refractivity contribution in [1.29, 1.82) is 0 Å². The lowest BCUT2D eigenvalue weighted by Crippen LogP contribution is -2.12. The lowest BCUT2D eigenvalue weighted by molar-refractivity contribution is 0.210. The highest BCUT2D eigenvalue weighted by atomic mass is 16.5. The molecule has 1 heterocycles. The Morgan fingerprint density at radius 3 is 2.75 bits per heavy atom. The van der Waals surface area contributed by atoms with Crippen LogP contribution >= 0.6 is 0 Å². The molecule has 0 unspecified atom stereocenters. The molecule has 0 atom stereocenters. The number of hydrogen-bond donors (Lipinski definition) is 1. The van der Waals surface area contributed by atoms with E-state index in [1.54, 1.807) is 19.5 Å². The fraction of sp³-hybridized carbons (Fsp3) is 0.429. The summed E-state index contributed by atoms with van der Waals surface area (Å²) < 4.78 is 4.87. The summed E-state index contributed by atoms with van der Waals surface area (Å²) in [5.41, 5.74) is 1.06. The van der Waals surface area contributed by atoms with Crippen molar-refractivity contribution in [2.24, 2.45) is 0 Å². The Kier molecular flexibility index (Phi) is 3.54. The molecule has 1 aromatic rings. The van der Waals surface area contributed by atoms with Gasteiger partial charge in [0.05, 0.1) is 6.61 Å². The number of rotatable bonds is 4. The number of methoxy groups -OCH3 is 1. The fourth-order valence-electron chi connectivity index (χ4n) is 0.749. The van der Waals surface area contributed by atoms with E-state index >= 15 is 0 Å². The lowest BCUT2D eigenvalue weighted by Gasteiger charge is -2.02. The summed E-state index contributed by atoms with van der Waals surface area (Å²) in [7, 11) is 3.62. The molecule has 0 saturated carbocycles. The van der Waals surface area contributed by atoms with Crippen LogP contribution in [0.1, 0.15) is 0 Å². The highest BCUT2D eigenvalue weighted by molar-refractivity contribution is 6.31. The largest absolute Gasteiger partial charge is 0.383 e. The second-order valence-electron chi connectivity index (χ2n) is 2.50. The minimum absolute atomic E-state index is 0.651. The Labute approximate surface area is 72.8 Å². The molecule has 0 fully saturated rings. The molecule has 0 aromatic carbocycles. The van der Waals surface area contributed by atoms with Gasteiger partial charge < -0.3 is 10.1 Å². The number of hydrogen-bond acceptors (Lipinski definition) is 4. The van der Waals surface area contributed by atoms with Crippen LogP contribution in [0.25, 0.3) is 0 Å². The number of anilines is 1. The standard InChI is InChI=1S/C7H12BN3O/c1-12-3-2-9-7-10-4-6(8)5-11-7/h4-5H,2-3,8H2,1H3,(H,9,10,11). The zero-order chi connectivity index (χ0) is 8.81. The first-order valence-corrected chi connectivity index (χ1v) is 3.84. The maximum Gasteiger partial charge on any atom is 0.222 e. The van der Waals surface area contributed by atoms with Gasteiger partial charge >= 0.3 is 0 Å². The summed E-state index contributed by atoms with van der Waals surface area (Å²) in [6.07, 6.45) is 3.56. The molecule has 0 saturated heterocycles. The molecule has 0 aliphatic carbocycles. The van der Waals surface area contributed by atoms with Gasteiger partial charge in [0.1, 0.15) is 7.85 Å². The molecule has 1 rings (SSSR count). The van der Waals surface area contributed by atoms with Crippen molar-refractivity contribution >= 4 is 19.3 Å². The average molecular weight is 165 g/mol. The number of nitrogens with one attached hydrogen (secondary N) is 1. The van der Waals surface area contributed by atoms with Crippen LogP contribution in [0.2, 0.25) is 0 Å². The lowest BCUT2D eigenvalue weighted by atomic mass is 10.0. The molecule has 0 amide bonds. The van der Waals surface area contributed by atoms with Crippen molar-refractivity contribution in [1.82, 2.24) is 9.97 Å². The van der Waals surface area contributed by atoms with Gasteiger partial charge in [-0.3, -0.25) is 0 Å². The smallest absolute Gasteiger partial charge is 0.222 e. The van der Waals surface area contributed by atoms with Gasteiger partial charge in [0.15, 0.2) is 0 Å². The normalized spacial score (nSPS) is 9.75. The first-order valence-electron chi connectivity index (χ1n) is 3.84. The van der Waals surface area contributed by atoms with Gasteiger partial charge in [-0.05, 0) is 0 Å². The maximum atomic E-state index is 4.87. The fourth-order valence-corrected chi connectivity index (χ4v) is 0.749. The zero-order valence-corrected chi connectivity index (χ0v) is 7.37. The van der Waals surface area contributed by atoms with Crippen LogP contribution in [0.5, 0.6) is 0 Å². The van der Waals surface area contributed by atoms with E-state index < -0.39 is 0 Å². The molecular formula is C7H12BN3O. The van der Waals surface area contributed by atoms with Gasteiger partial charge in [0.25, 0.3) is 0 Å². The van der Waals surface area contributed by atoms with Crippen molar-refractivity contribution in [3.63, 3.8) is 0 Å². The third kappa shape index (κ3) is 2.88. The summed E-state index contributed by atoms with van der Waals surface area (Å²) in [5, 5.41) is 3.03. The number of nitrogens with zero attached hydrogens (tertiary/aromatic N) is 2. The van der Waals surface area contributed by atoms with Gasteiger partial charge in [-0.2, -0.15) is 0 Å². The van der Waals surface area contributed by atoms with Crippen LogP contribution in [0, 0.1) is 0 Å². The minimum Gasteiger partial charge on any atom is -0.383 e. The molecule has 1 aromatic heterocycles. The van der Waals surface area contributed by atoms with Crippen molar-refractivity contribution in [3.05, 3.63) is 12.4 Å². The summed E-state index contributed by atoms with van der Waals surface area (Å²) >= 11 is 0. The quantitative estimate of drug-likeness (QED) is 0.449. The minimum atomic E-state index is 0.651. The van der Waals surface area contributed by atoms with Crippen LogP contribution < -0.4 is 10.8 Å². The summed E-state index contributed by atoms with van der Waals surface area (Å²) in [6, 6.07) is 0.